The molecule has 2 nitrogen and oxygen atoms in total. The standard InChI is InChI=1S/C9H19NO/c1-7(2)8-5-10(3)6-9(8)11-4/h7-9H,5-6H2,1-4H3/t8-,9+/m1/s1. The largest absolute Gasteiger partial charge is 0.380 e. The zero-order chi connectivity index (χ0) is 8.43. The average Bonchev–Trinajstić information content (AvgIpc) is 2.30. The van der Waals surface area contributed by atoms with E-state index in [9.17, 15) is 0 Å². The number of likely N-dealkylation sites (N-methyl/N-ethyl adjacent to an activating group) is 1. The maximum Gasteiger partial charge on any atom is 0.0740 e. The van der Waals surface area contributed by atoms with Gasteiger partial charge in [0.1, 0.15) is 0 Å². The van der Waals surface area contributed by atoms with Crippen molar-refractivity contribution in [2.24, 2.45) is 11.8 Å². The molecule has 1 fully saturated rings. The number of ether oxygens (including phenoxy) is 1. The van der Waals surface area contributed by atoms with E-state index < -0.39 is 0 Å². The zero-order valence-corrected chi connectivity index (χ0v) is 8.00. The molecule has 2 heteroatoms. The smallest absolute Gasteiger partial charge is 0.0740 e. The van der Waals surface area contributed by atoms with Crippen LogP contribution in [0.4, 0.5) is 0 Å². The molecule has 1 rings (SSSR count). The molecular weight excluding hydrogens is 138 g/mol. The molecule has 0 aliphatic carbocycles. The van der Waals surface area contributed by atoms with Crippen LogP contribution in [0.1, 0.15) is 13.8 Å². The zero-order valence-electron chi connectivity index (χ0n) is 8.00. The highest BCUT2D eigenvalue weighted by molar-refractivity contribution is 4.84. The van der Waals surface area contributed by atoms with E-state index in [-0.39, 0.29) is 0 Å². The molecule has 66 valence electrons. The van der Waals surface area contributed by atoms with Gasteiger partial charge in [-0.3, -0.25) is 0 Å². The van der Waals surface area contributed by atoms with Crippen LogP contribution in [0.25, 0.3) is 0 Å². The minimum Gasteiger partial charge on any atom is -0.380 e. The molecule has 0 aromatic carbocycles. The van der Waals surface area contributed by atoms with Gasteiger partial charge in [0.15, 0.2) is 0 Å². The van der Waals surface area contributed by atoms with Crippen molar-refractivity contribution >= 4 is 0 Å². The van der Waals surface area contributed by atoms with Crippen molar-refractivity contribution < 1.29 is 4.74 Å². The van der Waals surface area contributed by atoms with E-state index in [0.717, 1.165) is 18.4 Å². The topological polar surface area (TPSA) is 12.5 Å². The van der Waals surface area contributed by atoms with Gasteiger partial charge in [-0.1, -0.05) is 13.8 Å². The lowest BCUT2D eigenvalue weighted by atomic mass is 9.93. The number of hydrogen-bond donors (Lipinski definition) is 0. The minimum absolute atomic E-state index is 0.458. The molecule has 0 aromatic rings. The fourth-order valence-corrected chi connectivity index (χ4v) is 1.88. The molecule has 1 saturated heterocycles. The first kappa shape index (κ1) is 9.01. The van der Waals surface area contributed by atoms with Crippen LogP contribution in [0.5, 0.6) is 0 Å². The van der Waals surface area contributed by atoms with Crippen LogP contribution in [-0.2, 0) is 4.74 Å². The monoisotopic (exact) mass is 157 g/mol. The summed E-state index contributed by atoms with van der Waals surface area (Å²) in [7, 11) is 3.98. The van der Waals surface area contributed by atoms with Gasteiger partial charge in [-0.05, 0) is 13.0 Å². The average molecular weight is 157 g/mol. The van der Waals surface area contributed by atoms with E-state index in [1.807, 2.05) is 7.11 Å². The minimum atomic E-state index is 0.458. The first-order valence-electron chi connectivity index (χ1n) is 4.36. The van der Waals surface area contributed by atoms with Crippen LogP contribution in [-0.4, -0.2) is 38.3 Å². The maximum absolute atomic E-state index is 5.41. The highest BCUT2D eigenvalue weighted by Gasteiger charge is 2.32. The van der Waals surface area contributed by atoms with E-state index in [0.29, 0.717) is 6.10 Å². The number of nitrogens with zero attached hydrogens (tertiary/aromatic N) is 1. The first-order valence-corrected chi connectivity index (χ1v) is 4.36. The lowest BCUT2D eigenvalue weighted by Crippen LogP contribution is -2.24. The van der Waals surface area contributed by atoms with Gasteiger partial charge in [-0.2, -0.15) is 0 Å². The number of rotatable bonds is 2. The van der Waals surface area contributed by atoms with Gasteiger partial charge >= 0.3 is 0 Å². The SMILES string of the molecule is CO[C@H]1CN(C)C[C@@H]1C(C)C. The van der Waals surface area contributed by atoms with E-state index in [1.165, 1.54) is 6.54 Å². The van der Waals surface area contributed by atoms with Crippen molar-refractivity contribution in [1.29, 1.82) is 0 Å². The van der Waals surface area contributed by atoms with E-state index in [1.54, 1.807) is 0 Å². The van der Waals surface area contributed by atoms with Crippen molar-refractivity contribution in [3.63, 3.8) is 0 Å². The molecule has 0 amide bonds. The summed E-state index contributed by atoms with van der Waals surface area (Å²) in [6.45, 7) is 6.83. The summed E-state index contributed by atoms with van der Waals surface area (Å²) in [5.41, 5.74) is 0. The number of likely N-dealkylation sites (tertiary alicyclic amines) is 1. The second-order valence-corrected chi connectivity index (χ2v) is 3.90. The molecule has 2 atom stereocenters. The molecular formula is C9H19NO. The van der Waals surface area contributed by atoms with E-state index in [2.05, 4.69) is 25.8 Å². The Bertz CT molecular complexity index is 125. The van der Waals surface area contributed by atoms with Crippen molar-refractivity contribution in [3.8, 4) is 0 Å². The molecule has 1 aliphatic heterocycles. The lowest BCUT2D eigenvalue weighted by molar-refractivity contribution is 0.0644. The van der Waals surface area contributed by atoms with Gasteiger partial charge < -0.3 is 9.64 Å². The Morgan fingerprint density at radius 3 is 2.36 bits per heavy atom. The molecule has 0 unspecified atom stereocenters. The van der Waals surface area contributed by atoms with Crippen LogP contribution < -0.4 is 0 Å². The predicted molar refractivity (Wildman–Crippen MR) is 46.6 cm³/mol. The van der Waals surface area contributed by atoms with Gasteiger partial charge in [0.05, 0.1) is 6.10 Å². The molecule has 11 heavy (non-hydrogen) atoms. The third-order valence-corrected chi connectivity index (χ3v) is 2.65. The van der Waals surface area contributed by atoms with Crippen LogP contribution in [0.3, 0.4) is 0 Å². The Morgan fingerprint density at radius 2 is 2.00 bits per heavy atom. The second kappa shape index (κ2) is 3.55. The summed E-state index contributed by atoms with van der Waals surface area (Å²) in [6, 6.07) is 0. The van der Waals surface area contributed by atoms with Gasteiger partial charge in [0, 0.05) is 26.1 Å². The van der Waals surface area contributed by atoms with Crippen LogP contribution >= 0.6 is 0 Å². The van der Waals surface area contributed by atoms with Gasteiger partial charge in [0.25, 0.3) is 0 Å². The van der Waals surface area contributed by atoms with Gasteiger partial charge in [-0.15, -0.1) is 0 Å². The van der Waals surface area contributed by atoms with E-state index in [4.69, 9.17) is 4.74 Å². The summed E-state index contributed by atoms with van der Waals surface area (Å²) in [5.74, 6) is 1.47. The molecule has 0 aromatic heterocycles. The van der Waals surface area contributed by atoms with Crippen molar-refractivity contribution in [3.05, 3.63) is 0 Å². The lowest BCUT2D eigenvalue weighted by Gasteiger charge is -2.20. The highest BCUT2D eigenvalue weighted by atomic mass is 16.5. The Hall–Kier alpha value is -0.0800. The number of methoxy groups -OCH3 is 1. The maximum atomic E-state index is 5.41. The Kier molecular flexibility index (Phi) is 2.90. The summed E-state index contributed by atoms with van der Waals surface area (Å²) in [4.78, 5) is 2.35. The number of hydrogen-bond acceptors (Lipinski definition) is 2. The Morgan fingerprint density at radius 1 is 1.36 bits per heavy atom. The normalized spacial score (nSPS) is 33.5. The van der Waals surface area contributed by atoms with Crippen LogP contribution in [0, 0.1) is 11.8 Å². The van der Waals surface area contributed by atoms with Crippen molar-refractivity contribution in [2.75, 3.05) is 27.2 Å². The second-order valence-electron chi connectivity index (χ2n) is 3.90. The fourth-order valence-electron chi connectivity index (χ4n) is 1.88. The van der Waals surface area contributed by atoms with Crippen molar-refractivity contribution in [1.82, 2.24) is 4.90 Å². The molecule has 0 spiro atoms. The third-order valence-electron chi connectivity index (χ3n) is 2.65. The predicted octanol–water partition coefficient (Wildman–Crippen LogP) is 1.22. The summed E-state index contributed by atoms with van der Waals surface area (Å²) in [5, 5.41) is 0. The summed E-state index contributed by atoms with van der Waals surface area (Å²) < 4.78 is 5.41. The quantitative estimate of drug-likeness (QED) is 0.597. The Labute approximate surface area is 69.5 Å². The molecule has 0 bridgehead atoms. The molecule has 1 heterocycles. The van der Waals surface area contributed by atoms with Gasteiger partial charge in [0.2, 0.25) is 0 Å². The molecule has 0 N–H and O–H groups in total. The van der Waals surface area contributed by atoms with Crippen LogP contribution in [0.2, 0.25) is 0 Å². The van der Waals surface area contributed by atoms with Crippen molar-refractivity contribution in [2.45, 2.75) is 20.0 Å². The molecule has 0 saturated carbocycles. The Balaban J connectivity index is 2.50. The molecule has 0 radical (unpaired) electrons. The first-order chi connectivity index (χ1) is 5.15. The highest BCUT2D eigenvalue weighted by Crippen LogP contribution is 2.24. The van der Waals surface area contributed by atoms with Crippen LogP contribution in [0.15, 0.2) is 0 Å². The summed E-state index contributed by atoms with van der Waals surface area (Å²) >= 11 is 0. The van der Waals surface area contributed by atoms with Gasteiger partial charge in [-0.25, -0.2) is 0 Å². The summed E-state index contributed by atoms with van der Waals surface area (Å²) in [6.07, 6.45) is 0.458. The van der Waals surface area contributed by atoms with E-state index >= 15 is 0 Å². The fraction of sp³-hybridized carbons (Fsp3) is 1.00. The third kappa shape index (κ3) is 1.94. The molecule has 1 aliphatic rings.